The SMILES string of the molecule is COCCNC(=O)c1sc2ncccc2c1[C@@H]1CCN(C(=O)Cc2c(C)n[nH]c2C)C1. The summed E-state index contributed by atoms with van der Waals surface area (Å²) in [6, 6.07) is 3.91. The van der Waals surface area contributed by atoms with Crippen molar-refractivity contribution in [2.24, 2.45) is 0 Å². The summed E-state index contributed by atoms with van der Waals surface area (Å²) < 4.78 is 5.04. The van der Waals surface area contributed by atoms with Gasteiger partial charge in [-0.05, 0) is 31.9 Å². The Morgan fingerprint density at radius 1 is 1.39 bits per heavy atom. The van der Waals surface area contributed by atoms with Crippen LogP contribution in [0.25, 0.3) is 10.2 Å². The molecule has 0 spiro atoms. The van der Waals surface area contributed by atoms with E-state index in [4.69, 9.17) is 4.74 Å². The largest absolute Gasteiger partial charge is 0.383 e. The fraction of sp³-hybridized carbons (Fsp3) is 0.455. The Balaban J connectivity index is 1.55. The van der Waals surface area contributed by atoms with E-state index < -0.39 is 0 Å². The zero-order valence-corrected chi connectivity index (χ0v) is 18.8. The Morgan fingerprint density at radius 2 is 2.23 bits per heavy atom. The fourth-order valence-electron chi connectivity index (χ4n) is 4.19. The summed E-state index contributed by atoms with van der Waals surface area (Å²) in [5.74, 6) is 0.0972. The lowest BCUT2D eigenvalue weighted by molar-refractivity contribution is -0.129. The maximum absolute atomic E-state index is 13.0. The van der Waals surface area contributed by atoms with Gasteiger partial charge in [0, 0.05) is 55.5 Å². The minimum Gasteiger partial charge on any atom is -0.383 e. The van der Waals surface area contributed by atoms with Gasteiger partial charge in [-0.2, -0.15) is 5.10 Å². The van der Waals surface area contributed by atoms with Crippen molar-refractivity contribution in [3.8, 4) is 0 Å². The molecule has 0 unspecified atom stereocenters. The van der Waals surface area contributed by atoms with Crippen molar-refractivity contribution in [3.05, 3.63) is 45.7 Å². The third-order valence-electron chi connectivity index (χ3n) is 5.86. The van der Waals surface area contributed by atoms with E-state index in [0.29, 0.717) is 37.5 Å². The van der Waals surface area contributed by atoms with Crippen molar-refractivity contribution in [2.45, 2.75) is 32.6 Å². The lowest BCUT2D eigenvalue weighted by Crippen LogP contribution is -2.30. The van der Waals surface area contributed by atoms with Crippen LogP contribution in [0.2, 0.25) is 0 Å². The van der Waals surface area contributed by atoms with Gasteiger partial charge in [-0.1, -0.05) is 6.07 Å². The van der Waals surface area contributed by atoms with E-state index in [1.807, 2.05) is 30.9 Å². The van der Waals surface area contributed by atoms with Gasteiger partial charge >= 0.3 is 0 Å². The zero-order chi connectivity index (χ0) is 22.0. The lowest BCUT2D eigenvalue weighted by Gasteiger charge is -2.17. The van der Waals surface area contributed by atoms with Gasteiger partial charge in [0.25, 0.3) is 5.91 Å². The molecule has 8 nitrogen and oxygen atoms in total. The number of likely N-dealkylation sites (tertiary alicyclic amines) is 1. The molecule has 2 amide bonds. The van der Waals surface area contributed by atoms with Gasteiger partial charge in [0.05, 0.1) is 23.6 Å². The van der Waals surface area contributed by atoms with E-state index in [9.17, 15) is 9.59 Å². The van der Waals surface area contributed by atoms with Crippen molar-refractivity contribution >= 4 is 33.4 Å². The molecule has 1 atom stereocenters. The highest BCUT2D eigenvalue weighted by Gasteiger charge is 2.33. The van der Waals surface area contributed by atoms with E-state index >= 15 is 0 Å². The summed E-state index contributed by atoms with van der Waals surface area (Å²) in [6.07, 6.45) is 2.92. The first kappa shape index (κ1) is 21.5. The highest BCUT2D eigenvalue weighted by molar-refractivity contribution is 7.20. The molecule has 0 saturated carbocycles. The summed E-state index contributed by atoms with van der Waals surface area (Å²) >= 11 is 1.41. The van der Waals surface area contributed by atoms with Crippen LogP contribution in [-0.2, 0) is 16.0 Å². The number of methoxy groups -OCH3 is 1. The number of nitrogens with one attached hydrogen (secondary N) is 2. The van der Waals surface area contributed by atoms with Crippen LogP contribution < -0.4 is 5.32 Å². The first-order chi connectivity index (χ1) is 15.0. The second-order valence-corrected chi connectivity index (χ2v) is 8.86. The van der Waals surface area contributed by atoms with Crippen LogP contribution in [-0.4, -0.2) is 65.2 Å². The molecule has 31 heavy (non-hydrogen) atoms. The van der Waals surface area contributed by atoms with Crippen molar-refractivity contribution in [3.63, 3.8) is 0 Å². The van der Waals surface area contributed by atoms with Crippen LogP contribution >= 0.6 is 11.3 Å². The van der Waals surface area contributed by atoms with Crippen LogP contribution in [0.1, 0.15) is 44.5 Å². The highest BCUT2D eigenvalue weighted by atomic mass is 32.1. The molecule has 1 aliphatic rings. The average molecular weight is 442 g/mol. The van der Waals surface area contributed by atoms with E-state index in [-0.39, 0.29) is 17.7 Å². The second-order valence-electron chi connectivity index (χ2n) is 7.86. The predicted octanol–water partition coefficient (Wildman–Crippen LogP) is 2.57. The quantitative estimate of drug-likeness (QED) is 0.549. The number of aromatic nitrogens is 3. The first-order valence-corrected chi connectivity index (χ1v) is 11.2. The van der Waals surface area contributed by atoms with Crippen molar-refractivity contribution in [1.29, 1.82) is 0 Å². The minimum absolute atomic E-state index is 0.0962. The third-order valence-corrected chi connectivity index (χ3v) is 6.99. The van der Waals surface area contributed by atoms with Crippen molar-refractivity contribution in [1.82, 2.24) is 25.4 Å². The van der Waals surface area contributed by atoms with Gasteiger partial charge < -0.3 is 15.0 Å². The highest BCUT2D eigenvalue weighted by Crippen LogP contribution is 2.39. The molecule has 9 heteroatoms. The molecule has 1 saturated heterocycles. The number of aryl methyl sites for hydroxylation is 2. The molecular formula is C22H27N5O3S. The lowest BCUT2D eigenvalue weighted by atomic mass is 9.95. The number of hydrogen-bond donors (Lipinski definition) is 2. The number of hydrogen-bond acceptors (Lipinski definition) is 6. The summed E-state index contributed by atoms with van der Waals surface area (Å²) in [4.78, 5) is 33.8. The third kappa shape index (κ3) is 4.33. The van der Waals surface area contributed by atoms with Gasteiger partial charge in [0.1, 0.15) is 4.83 Å². The maximum Gasteiger partial charge on any atom is 0.261 e. The average Bonchev–Trinajstić information content (AvgIpc) is 3.47. The number of thiophene rings is 1. The Kier molecular flexibility index (Phi) is 6.33. The van der Waals surface area contributed by atoms with Gasteiger partial charge in [-0.3, -0.25) is 14.7 Å². The Labute approximate surface area is 185 Å². The molecule has 0 aliphatic carbocycles. The number of nitrogens with zero attached hydrogens (tertiary/aromatic N) is 3. The Bertz CT molecular complexity index is 1090. The van der Waals surface area contributed by atoms with Crippen LogP contribution in [0.5, 0.6) is 0 Å². The molecule has 4 rings (SSSR count). The number of carbonyl (C=O) groups is 2. The number of aromatic amines is 1. The number of H-pyrrole nitrogens is 1. The molecule has 4 heterocycles. The van der Waals surface area contributed by atoms with Crippen LogP contribution in [0.15, 0.2) is 18.3 Å². The van der Waals surface area contributed by atoms with Crippen molar-refractivity contribution in [2.75, 3.05) is 33.4 Å². The first-order valence-electron chi connectivity index (χ1n) is 10.4. The van der Waals surface area contributed by atoms with Gasteiger partial charge in [-0.15, -0.1) is 11.3 Å². The van der Waals surface area contributed by atoms with Gasteiger partial charge in [0.2, 0.25) is 5.91 Å². The smallest absolute Gasteiger partial charge is 0.261 e. The van der Waals surface area contributed by atoms with Crippen LogP contribution in [0.3, 0.4) is 0 Å². The molecule has 2 N–H and O–H groups in total. The molecule has 0 aromatic carbocycles. The molecule has 1 fully saturated rings. The van der Waals surface area contributed by atoms with Crippen LogP contribution in [0.4, 0.5) is 0 Å². The summed E-state index contributed by atoms with van der Waals surface area (Å²) in [6.45, 7) is 6.06. The molecular weight excluding hydrogens is 414 g/mol. The van der Waals surface area contributed by atoms with E-state index in [1.165, 1.54) is 11.3 Å². The standard InChI is InChI=1S/C22H27N5O3S/c1-13-17(14(2)26-25-13)11-18(28)27-9-6-15(12-27)19-16-5-4-7-24-22(16)31-20(19)21(29)23-8-10-30-3/h4-5,7,15H,6,8-12H2,1-3H3,(H,23,29)(H,25,26)/t15-/m1/s1. The molecule has 0 radical (unpaired) electrons. The number of fused-ring (bicyclic) bond motifs is 1. The fourth-order valence-corrected chi connectivity index (χ4v) is 5.34. The van der Waals surface area contributed by atoms with E-state index in [1.54, 1.807) is 13.3 Å². The Hall–Kier alpha value is -2.78. The minimum atomic E-state index is -0.107. The normalized spacial score (nSPS) is 16.2. The number of pyridine rings is 1. The van der Waals surface area contributed by atoms with Crippen molar-refractivity contribution < 1.29 is 14.3 Å². The molecule has 164 valence electrons. The van der Waals surface area contributed by atoms with Gasteiger partial charge in [-0.25, -0.2) is 4.98 Å². The summed E-state index contributed by atoms with van der Waals surface area (Å²) in [5, 5.41) is 11.1. The summed E-state index contributed by atoms with van der Waals surface area (Å²) in [7, 11) is 1.61. The summed E-state index contributed by atoms with van der Waals surface area (Å²) in [5.41, 5.74) is 3.78. The van der Waals surface area contributed by atoms with E-state index in [2.05, 4.69) is 20.5 Å². The maximum atomic E-state index is 13.0. The Morgan fingerprint density at radius 3 is 2.97 bits per heavy atom. The number of amides is 2. The predicted molar refractivity (Wildman–Crippen MR) is 120 cm³/mol. The number of carbonyl (C=O) groups excluding carboxylic acids is 2. The monoisotopic (exact) mass is 441 g/mol. The molecule has 1 aliphatic heterocycles. The molecule has 0 bridgehead atoms. The zero-order valence-electron chi connectivity index (χ0n) is 18.0. The molecule has 3 aromatic rings. The van der Waals surface area contributed by atoms with E-state index in [0.717, 1.165) is 39.2 Å². The number of rotatable bonds is 7. The number of ether oxygens (including phenoxy) is 1. The van der Waals surface area contributed by atoms with Gasteiger partial charge in [0.15, 0.2) is 0 Å². The second kappa shape index (κ2) is 9.15. The topological polar surface area (TPSA) is 100 Å². The van der Waals surface area contributed by atoms with Crippen LogP contribution in [0, 0.1) is 13.8 Å². The molecule has 3 aromatic heterocycles.